The number of anilines is 4. The lowest BCUT2D eigenvalue weighted by atomic mass is 10.1. The van der Waals surface area contributed by atoms with E-state index >= 15 is 8.78 Å². The molecule has 0 fully saturated rings. The third-order valence-corrected chi connectivity index (χ3v) is 12.1. The molecule has 5 rings (SSSR count). The van der Waals surface area contributed by atoms with E-state index in [4.69, 9.17) is 0 Å². The van der Waals surface area contributed by atoms with Gasteiger partial charge < -0.3 is 10.6 Å². The maximum Gasteiger partial charge on any atom is 0.296 e. The van der Waals surface area contributed by atoms with Gasteiger partial charge >= 0.3 is 0 Å². The largest absolute Gasteiger partial charge is 0.320 e. The van der Waals surface area contributed by atoms with Gasteiger partial charge in [-0.05, 0) is 47.2 Å². The van der Waals surface area contributed by atoms with Gasteiger partial charge in [-0.25, -0.2) is 18.7 Å². The minimum Gasteiger partial charge on any atom is -0.320 e. The highest BCUT2D eigenvalue weighted by Crippen LogP contribution is 2.40. The predicted molar refractivity (Wildman–Crippen MR) is 173 cm³/mol. The summed E-state index contributed by atoms with van der Waals surface area (Å²) < 4.78 is 234. The number of nitrogens with one attached hydrogen (secondary N) is 2. The third-order valence-electron chi connectivity index (χ3n) is 6.91. The van der Waals surface area contributed by atoms with Crippen LogP contribution < -0.4 is 10.6 Å². The molecule has 23 nitrogen and oxygen atoms in total. The molecule has 31 heteroatoms. The lowest BCUT2D eigenvalue weighted by Gasteiger charge is -2.16. The standard InChI is InChI=1S/C23H15F2N5O18S6/c24-18-16-8(1-10(49(31,32)33)5-12(16)51(37,38)39)3-14(53(43,44)45)20(18)28-22-26-7-27-23(30-22)29-21-15(54(46,47)48)4-9-2-11(50(34,35)36)6-13(52(40,41)42)17(9)19(21)25/h1-7H,(H,31,32,33)(H,34,35,36)(H,37,38,39)(H,40,41,42)(H,43,44,45)(H,46,47,48)(H2,26,27,28,29,30). The van der Waals surface area contributed by atoms with Crippen LogP contribution in [0.4, 0.5) is 32.1 Å². The van der Waals surface area contributed by atoms with E-state index in [1.165, 1.54) is 0 Å². The summed E-state index contributed by atoms with van der Waals surface area (Å²) in [5, 5.41) is -0.510. The molecule has 0 unspecified atom stereocenters. The molecule has 1 aromatic heterocycles. The molecule has 0 atom stereocenters. The summed E-state index contributed by atoms with van der Waals surface area (Å²) >= 11 is 0. The fraction of sp³-hybridized carbons (Fsp3) is 0. The number of nitrogens with zero attached hydrogens (tertiary/aromatic N) is 3. The molecule has 0 aliphatic carbocycles. The van der Waals surface area contributed by atoms with E-state index in [-0.39, 0.29) is 12.1 Å². The van der Waals surface area contributed by atoms with Gasteiger partial charge in [-0.3, -0.25) is 27.3 Å². The van der Waals surface area contributed by atoms with Crippen molar-refractivity contribution in [3.8, 4) is 0 Å². The van der Waals surface area contributed by atoms with Crippen molar-refractivity contribution in [3.63, 3.8) is 0 Å². The minimum absolute atomic E-state index is 0.0970. The zero-order chi connectivity index (χ0) is 40.7. The van der Waals surface area contributed by atoms with Crippen LogP contribution in [-0.2, 0) is 60.7 Å². The Morgan fingerprint density at radius 2 is 0.759 bits per heavy atom. The smallest absolute Gasteiger partial charge is 0.296 e. The molecule has 290 valence electrons. The van der Waals surface area contributed by atoms with Crippen molar-refractivity contribution < 1.29 is 86.6 Å². The number of hydrogen-bond acceptors (Lipinski definition) is 17. The van der Waals surface area contributed by atoms with E-state index in [0.29, 0.717) is 30.6 Å². The van der Waals surface area contributed by atoms with Crippen molar-refractivity contribution in [1.82, 2.24) is 15.0 Å². The van der Waals surface area contributed by atoms with E-state index in [1.807, 2.05) is 10.6 Å². The Labute approximate surface area is 300 Å². The number of halogens is 2. The number of benzene rings is 4. The quantitative estimate of drug-likeness (QED) is 0.0919. The van der Waals surface area contributed by atoms with Gasteiger partial charge in [0.15, 0.2) is 11.6 Å². The number of rotatable bonds is 10. The molecular weight excluding hydrogens is 865 g/mol. The van der Waals surface area contributed by atoms with Crippen LogP contribution >= 0.6 is 0 Å². The summed E-state index contributed by atoms with van der Waals surface area (Å²) in [5.41, 5.74) is -2.82. The molecule has 0 aliphatic rings. The number of hydrogen-bond donors (Lipinski definition) is 8. The summed E-state index contributed by atoms with van der Waals surface area (Å²) in [6.45, 7) is 0. The van der Waals surface area contributed by atoms with Crippen LogP contribution in [0, 0.1) is 11.6 Å². The molecule has 0 saturated carbocycles. The summed E-state index contributed by atoms with van der Waals surface area (Å²) in [5.74, 6) is -5.93. The zero-order valence-corrected chi connectivity index (χ0v) is 30.1. The molecule has 0 aliphatic heterocycles. The maximum atomic E-state index is 16.1. The predicted octanol–water partition coefficient (Wildman–Crippen LogP) is 1.42. The van der Waals surface area contributed by atoms with E-state index < -0.39 is 147 Å². The first-order valence-corrected chi connectivity index (χ1v) is 21.7. The molecule has 54 heavy (non-hydrogen) atoms. The molecule has 0 radical (unpaired) electrons. The van der Waals surface area contributed by atoms with Crippen LogP contribution in [0.2, 0.25) is 0 Å². The van der Waals surface area contributed by atoms with Crippen molar-refractivity contribution in [2.45, 2.75) is 29.4 Å². The molecule has 0 amide bonds. The second-order valence-electron chi connectivity index (χ2n) is 10.4. The fourth-order valence-corrected chi connectivity index (χ4v) is 8.86. The maximum absolute atomic E-state index is 16.1. The van der Waals surface area contributed by atoms with Crippen molar-refractivity contribution in [2.75, 3.05) is 10.6 Å². The minimum atomic E-state index is -5.58. The van der Waals surface area contributed by atoms with Crippen molar-refractivity contribution >= 4 is 106 Å². The highest BCUT2D eigenvalue weighted by molar-refractivity contribution is 7.87. The van der Waals surface area contributed by atoms with Crippen LogP contribution in [0.25, 0.3) is 21.5 Å². The Kier molecular flexibility index (Phi) is 9.74. The average molecular weight is 880 g/mol. The highest BCUT2D eigenvalue weighted by Gasteiger charge is 2.31. The van der Waals surface area contributed by atoms with Gasteiger partial charge in [0.25, 0.3) is 60.7 Å². The van der Waals surface area contributed by atoms with Crippen LogP contribution in [0.15, 0.2) is 72.1 Å². The third kappa shape index (κ3) is 7.91. The summed E-state index contributed by atoms with van der Waals surface area (Å²) in [4.78, 5) is 2.04. The Hall–Kier alpha value is -4.67. The van der Waals surface area contributed by atoms with Crippen LogP contribution in [0.1, 0.15) is 0 Å². The number of fused-ring (bicyclic) bond motifs is 2. The first kappa shape index (κ1) is 40.5. The highest BCUT2D eigenvalue weighted by atomic mass is 32.2. The molecule has 0 spiro atoms. The monoisotopic (exact) mass is 879 g/mol. The molecule has 0 saturated heterocycles. The van der Waals surface area contributed by atoms with E-state index in [9.17, 15) is 77.8 Å². The van der Waals surface area contributed by atoms with Crippen molar-refractivity contribution in [2.24, 2.45) is 0 Å². The Morgan fingerprint density at radius 1 is 0.444 bits per heavy atom. The topological polar surface area (TPSA) is 389 Å². The van der Waals surface area contributed by atoms with E-state index in [1.54, 1.807) is 0 Å². The summed E-state index contributed by atoms with van der Waals surface area (Å²) in [7, 11) is -32.9. The number of aromatic nitrogens is 3. The van der Waals surface area contributed by atoms with Crippen molar-refractivity contribution in [1.29, 1.82) is 0 Å². The molecule has 4 aromatic carbocycles. The zero-order valence-electron chi connectivity index (χ0n) is 25.2. The first-order valence-electron chi connectivity index (χ1n) is 13.1. The molecule has 8 N–H and O–H groups in total. The summed E-state index contributed by atoms with van der Waals surface area (Å²) in [6.07, 6.45) is 0.486. The Balaban J connectivity index is 1.74. The van der Waals surface area contributed by atoms with Crippen LogP contribution in [0.5, 0.6) is 0 Å². The van der Waals surface area contributed by atoms with Crippen LogP contribution in [-0.4, -0.2) is 92.8 Å². The fourth-order valence-electron chi connectivity index (χ4n) is 4.80. The second-order valence-corrected chi connectivity index (χ2v) is 18.8. The normalized spacial score (nSPS) is 13.3. The van der Waals surface area contributed by atoms with Gasteiger partial charge in [0.05, 0.1) is 21.2 Å². The van der Waals surface area contributed by atoms with Gasteiger partial charge in [0, 0.05) is 10.8 Å². The first-order chi connectivity index (χ1) is 24.4. The molecular formula is C23H15F2N5O18S6. The molecule has 0 bridgehead atoms. The Morgan fingerprint density at radius 3 is 1.04 bits per heavy atom. The molecule has 1 heterocycles. The van der Waals surface area contributed by atoms with Crippen LogP contribution in [0.3, 0.4) is 0 Å². The average Bonchev–Trinajstić information content (AvgIpc) is 2.99. The summed E-state index contributed by atoms with van der Waals surface area (Å²) in [6, 6.07) is 1.52. The van der Waals surface area contributed by atoms with E-state index in [0.717, 1.165) is 0 Å². The lowest BCUT2D eigenvalue weighted by Crippen LogP contribution is -2.12. The van der Waals surface area contributed by atoms with Gasteiger partial charge in [0.2, 0.25) is 11.9 Å². The van der Waals surface area contributed by atoms with Gasteiger partial charge in [-0.1, -0.05) is 0 Å². The SMILES string of the molecule is O=S(=O)(O)c1cc(S(=O)(=O)O)c2c(F)c(Nc3ncnc(Nc4c(S(=O)(=O)O)cc5cc(S(=O)(=O)O)cc(S(=O)(=O)O)c5c4F)n3)c(S(=O)(=O)O)cc2c1. The van der Waals surface area contributed by atoms with E-state index in [2.05, 4.69) is 15.0 Å². The van der Waals surface area contributed by atoms with Crippen molar-refractivity contribution in [3.05, 3.63) is 54.4 Å². The van der Waals surface area contributed by atoms with Gasteiger partial charge in [-0.2, -0.15) is 55.5 Å². The second kappa shape index (κ2) is 13.0. The van der Waals surface area contributed by atoms with Gasteiger partial charge in [-0.15, -0.1) is 0 Å². The van der Waals surface area contributed by atoms with Gasteiger partial charge in [0.1, 0.15) is 25.9 Å². The lowest BCUT2D eigenvalue weighted by molar-refractivity contribution is 0.476. The Bertz CT molecular complexity index is 2970. The molecule has 5 aromatic rings.